The Morgan fingerprint density at radius 2 is 1.90 bits per heavy atom. The first kappa shape index (κ1) is 26.8. The predicted octanol–water partition coefficient (Wildman–Crippen LogP) is 2.52. The zero-order valence-electron chi connectivity index (χ0n) is 20.7. The van der Waals surface area contributed by atoms with Gasteiger partial charge in [-0.25, -0.2) is 19.9 Å². The largest absolute Gasteiger partial charge is 0.453 e. The topological polar surface area (TPSA) is 166 Å². The van der Waals surface area contributed by atoms with Crippen molar-refractivity contribution >= 4 is 34.5 Å². The van der Waals surface area contributed by atoms with Crippen LogP contribution in [0, 0.1) is 0 Å². The number of fused-ring (bicyclic) bond motifs is 2. The summed E-state index contributed by atoms with van der Waals surface area (Å²) in [7, 11) is 1.49. The molecule has 40 heavy (non-hydrogen) atoms. The van der Waals surface area contributed by atoms with Crippen molar-refractivity contribution in [3.8, 4) is 11.5 Å². The smallest absolute Gasteiger partial charge is 0.383 e. The van der Waals surface area contributed by atoms with Gasteiger partial charge in [0.2, 0.25) is 0 Å². The van der Waals surface area contributed by atoms with Gasteiger partial charge in [-0.15, -0.1) is 0 Å². The van der Waals surface area contributed by atoms with Crippen LogP contribution in [0.2, 0.25) is 0 Å². The number of carbonyl (C=O) groups excluding carboxylic acids is 2. The summed E-state index contributed by atoms with van der Waals surface area (Å²) in [5.74, 6) is -7.09. The number of carbonyl (C=O) groups is 2. The van der Waals surface area contributed by atoms with E-state index in [1.54, 1.807) is 12.1 Å². The third kappa shape index (κ3) is 4.42. The number of anilines is 2. The van der Waals surface area contributed by atoms with Gasteiger partial charge in [0.05, 0.1) is 17.1 Å². The van der Waals surface area contributed by atoms with E-state index in [0.717, 1.165) is 0 Å². The van der Waals surface area contributed by atoms with E-state index >= 15 is 0 Å². The van der Waals surface area contributed by atoms with Gasteiger partial charge in [0.15, 0.2) is 11.5 Å². The number of hydrogen-bond donors (Lipinski definition) is 3. The van der Waals surface area contributed by atoms with E-state index < -0.39 is 42.3 Å². The van der Waals surface area contributed by atoms with Crippen molar-refractivity contribution in [2.24, 2.45) is 7.05 Å². The van der Waals surface area contributed by atoms with Crippen molar-refractivity contribution in [3.63, 3.8) is 0 Å². The molecule has 0 saturated heterocycles. The fourth-order valence-electron chi connectivity index (χ4n) is 4.18. The number of pyridine rings is 1. The lowest BCUT2D eigenvalue weighted by molar-refractivity contribution is -0.284. The Hall–Kier alpha value is -4.83. The van der Waals surface area contributed by atoms with Crippen LogP contribution in [0.4, 0.5) is 33.6 Å². The van der Waals surface area contributed by atoms with Crippen molar-refractivity contribution in [2.75, 3.05) is 11.1 Å². The number of alkyl halides is 5. The van der Waals surface area contributed by atoms with Crippen LogP contribution in [0.3, 0.4) is 0 Å². The monoisotopic (exact) mass is 562 g/mol. The van der Waals surface area contributed by atoms with Gasteiger partial charge in [0.25, 0.3) is 11.8 Å². The van der Waals surface area contributed by atoms with Crippen molar-refractivity contribution < 1.29 is 31.5 Å². The third-order valence-corrected chi connectivity index (χ3v) is 6.31. The van der Waals surface area contributed by atoms with E-state index in [1.165, 1.54) is 37.1 Å². The fraction of sp³-hybridized carbons (Fsp3) is 0.304. The van der Waals surface area contributed by atoms with Crippen LogP contribution in [-0.4, -0.2) is 58.6 Å². The second-order valence-electron chi connectivity index (χ2n) is 9.10. The maximum atomic E-state index is 13.6. The van der Waals surface area contributed by atoms with Gasteiger partial charge < -0.3 is 16.4 Å². The van der Waals surface area contributed by atoms with Crippen LogP contribution >= 0.6 is 0 Å². The van der Waals surface area contributed by atoms with Crippen molar-refractivity contribution in [2.45, 2.75) is 37.4 Å². The number of nitrogens with zero attached hydrogens (tertiary/aromatic N) is 7. The molecular formula is C23H19F5N10O2. The van der Waals surface area contributed by atoms with Crippen molar-refractivity contribution in [3.05, 3.63) is 47.7 Å². The summed E-state index contributed by atoms with van der Waals surface area (Å²) < 4.78 is 66.5. The number of nitrogen functional groups attached to an aromatic ring is 1. The molecule has 0 spiro atoms. The summed E-state index contributed by atoms with van der Waals surface area (Å²) in [4.78, 5) is 46.4. The minimum Gasteiger partial charge on any atom is -0.383 e. The molecule has 0 aliphatic carbocycles. The minimum absolute atomic E-state index is 0.0460. The summed E-state index contributed by atoms with van der Waals surface area (Å²) in [6.07, 6.45) is -5.41. The molecule has 0 bridgehead atoms. The normalized spacial score (nSPS) is 17.1. The van der Waals surface area contributed by atoms with Gasteiger partial charge >= 0.3 is 12.1 Å². The number of aryl methyl sites for hydroxylation is 2. The molecule has 1 aliphatic rings. The Labute approximate surface area is 221 Å². The third-order valence-electron chi connectivity index (χ3n) is 6.31. The lowest BCUT2D eigenvalue weighted by Gasteiger charge is -2.24. The van der Waals surface area contributed by atoms with E-state index in [9.17, 15) is 31.5 Å². The molecule has 5 heterocycles. The summed E-state index contributed by atoms with van der Waals surface area (Å²) in [6.45, 7) is 1.40. The highest BCUT2D eigenvalue weighted by Crippen LogP contribution is 2.41. The molecule has 1 unspecified atom stereocenters. The lowest BCUT2D eigenvalue weighted by Crippen LogP contribution is -2.49. The van der Waals surface area contributed by atoms with Crippen molar-refractivity contribution in [1.29, 1.82) is 0 Å². The summed E-state index contributed by atoms with van der Waals surface area (Å²) >= 11 is 0. The maximum Gasteiger partial charge on any atom is 0.453 e. The molecule has 0 fully saturated rings. The summed E-state index contributed by atoms with van der Waals surface area (Å²) in [5.41, 5.74) is 4.70. The minimum atomic E-state index is -5.74. The second-order valence-corrected chi connectivity index (χ2v) is 9.10. The molecule has 1 atom stereocenters. The molecule has 0 saturated carbocycles. The number of aromatic nitrogens is 7. The number of hydrogen-bond acceptors (Lipinski definition) is 9. The molecular weight excluding hydrogens is 543 g/mol. The van der Waals surface area contributed by atoms with Gasteiger partial charge in [-0.05, 0) is 19.1 Å². The van der Waals surface area contributed by atoms with Crippen LogP contribution < -0.4 is 16.4 Å². The zero-order valence-corrected chi connectivity index (χ0v) is 20.7. The molecule has 4 aromatic rings. The van der Waals surface area contributed by atoms with E-state index in [-0.39, 0.29) is 51.3 Å². The van der Waals surface area contributed by atoms with Crippen LogP contribution in [0.5, 0.6) is 0 Å². The van der Waals surface area contributed by atoms with E-state index in [4.69, 9.17) is 5.73 Å². The molecule has 0 aromatic carbocycles. The number of nitrogens with one attached hydrogen (secondary N) is 2. The fourth-order valence-corrected chi connectivity index (χ4v) is 4.18. The Bertz CT molecular complexity index is 1660. The molecule has 4 aromatic heterocycles. The molecule has 17 heteroatoms. The number of nitrogens with two attached hydrogens (primary N) is 1. The summed E-state index contributed by atoms with van der Waals surface area (Å²) in [6, 6.07) is 4.66. The van der Waals surface area contributed by atoms with E-state index in [1.807, 2.05) is 0 Å². The Balaban J connectivity index is 1.54. The highest BCUT2D eigenvalue weighted by atomic mass is 19.4. The second kappa shape index (κ2) is 9.13. The maximum absolute atomic E-state index is 13.6. The van der Waals surface area contributed by atoms with Crippen molar-refractivity contribution in [1.82, 2.24) is 40.0 Å². The average molecular weight is 562 g/mol. The number of rotatable bonds is 6. The lowest BCUT2D eigenvalue weighted by atomic mass is 9.94. The van der Waals surface area contributed by atoms with E-state index in [0.29, 0.717) is 0 Å². The molecule has 4 N–H and O–H groups in total. The van der Waals surface area contributed by atoms with Crippen LogP contribution in [0.25, 0.3) is 22.6 Å². The zero-order chi connectivity index (χ0) is 29.0. The van der Waals surface area contributed by atoms with E-state index in [2.05, 4.69) is 40.7 Å². The predicted molar refractivity (Wildman–Crippen MR) is 129 cm³/mol. The first-order valence-electron chi connectivity index (χ1n) is 11.6. The van der Waals surface area contributed by atoms with Gasteiger partial charge in [-0.1, -0.05) is 6.07 Å². The Kier molecular flexibility index (Phi) is 6.11. The van der Waals surface area contributed by atoms with Crippen LogP contribution in [0.1, 0.15) is 35.2 Å². The van der Waals surface area contributed by atoms with Gasteiger partial charge in [0.1, 0.15) is 34.4 Å². The van der Waals surface area contributed by atoms with Gasteiger partial charge in [-0.2, -0.15) is 27.1 Å². The standard InChI is InChI=1S/C23H19F5N10O2/c1-21(37-19(39)11-5-3-4-8-30-11)13-15(29)34-17(35-16(13)36-20(21)40)14-10-9-31-38(2)18(10)33-12(32-14)6-7-22(24,25)23(26,27)28/h3-5,8-9H,6-7H2,1-2H3,(H,37,39)(H3,29,34,35,36,40). The molecule has 5 rings (SSSR count). The number of halogens is 5. The highest BCUT2D eigenvalue weighted by molar-refractivity contribution is 6.09. The molecule has 1 aliphatic heterocycles. The molecule has 0 radical (unpaired) electrons. The average Bonchev–Trinajstić information content (AvgIpc) is 3.38. The molecule has 12 nitrogen and oxygen atoms in total. The SMILES string of the molecule is Cn1ncc2c(-c3nc(N)c4c(n3)NC(=O)C4(C)NC(=O)c3ccccn3)nc(CCC(F)(F)C(F)(F)F)nc21. The first-order valence-corrected chi connectivity index (χ1v) is 11.6. The Morgan fingerprint density at radius 3 is 2.58 bits per heavy atom. The first-order chi connectivity index (χ1) is 18.7. The summed E-state index contributed by atoms with van der Waals surface area (Å²) in [5, 5.41) is 9.41. The quantitative estimate of drug-likeness (QED) is 0.299. The molecule has 2 amide bonds. The Morgan fingerprint density at radius 1 is 1.15 bits per heavy atom. The van der Waals surface area contributed by atoms with Gasteiger partial charge in [0, 0.05) is 26.1 Å². The van der Waals surface area contributed by atoms with Gasteiger partial charge in [-0.3, -0.25) is 19.3 Å². The highest BCUT2D eigenvalue weighted by Gasteiger charge is 2.56. The number of amides is 2. The molecule has 208 valence electrons. The van der Waals surface area contributed by atoms with Crippen LogP contribution in [0.15, 0.2) is 30.6 Å². The van der Waals surface area contributed by atoms with Crippen LogP contribution in [-0.2, 0) is 23.8 Å².